The lowest BCUT2D eigenvalue weighted by atomic mass is 9.99. The van der Waals surface area contributed by atoms with Crippen LogP contribution >= 0.6 is 0 Å². The number of methoxy groups -OCH3 is 3. The zero-order valence-electron chi connectivity index (χ0n) is 12.9. The molecule has 0 saturated heterocycles. The summed E-state index contributed by atoms with van der Waals surface area (Å²) in [6.45, 7) is 0. The van der Waals surface area contributed by atoms with E-state index in [1.54, 1.807) is 21.3 Å². The quantitative estimate of drug-likeness (QED) is 0.707. The molecule has 0 amide bonds. The van der Waals surface area contributed by atoms with Crippen LogP contribution in [0.15, 0.2) is 54.6 Å². The minimum atomic E-state index is 0.707. The predicted octanol–water partition coefficient (Wildman–Crippen LogP) is 4.53. The Balaban J connectivity index is 2.24. The summed E-state index contributed by atoms with van der Waals surface area (Å²) in [4.78, 5) is 0. The minimum absolute atomic E-state index is 0.707. The molecule has 112 valence electrons. The molecule has 0 atom stereocenters. The molecule has 3 aromatic carbocycles. The van der Waals surface area contributed by atoms with Gasteiger partial charge in [-0.05, 0) is 22.4 Å². The van der Waals surface area contributed by atoms with Crippen LogP contribution in [0.4, 0.5) is 0 Å². The van der Waals surface area contributed by atoms with Crippen molar-refractivity contribution in [1.29, 1.82) is 0 Å². The second kappa shape index (κ2) is 5.98. The first-order valence-corrected chi connectivity index (χ1v) is 7.06. The molecule has 3 nitrogen and oxygen atoms in total. The molecular formula is C19H18O3. The molecule has 0 bridgehead atoms. The molecule has 0 radical (unpaired) electrons. The number of benzene rings is 3. The van der Waals surface area contributed by atoms with E-state index in [4.69, 9.17) is 14.2 Å². The highest BCUT2D eigenvalue weighted by molar-refractivity contribution is 5.90. The van der Waals surface area contributed by atoms with Gasteiger partial charge in [0.05, 0.1) is 26.9 Å². The molecule has 0 N–H and O–H groups in total. The number of fused-ring (bicyclic) bond motifs is 1. The van der Waals surface area contributed by atoms with E-state index in [0.29, 0.717) is 5.75 Å². The molecule has 0 unspecified atom stereocenters. The lowest BCUT2D eigenvalue weighted by molar-refractivity contribution is 0.377. The predicted molar refractivity (Wildman–Crippen MR) is 89.0 cm³/mol. The first kappa shape index (κ1) is 14.3. The maximum atomic E-state index is 5.54. The molecule has 3 rings (SSSR count). The fourth-order valence-corrected chi connectivity index (χ4v) is 2.64. The summed E-state index contributed by atoms with van der Waals surface area (Å²) in [5, 5.41) is 2.39. The van der Waals surface area contributed by atoms with Gasteiger partial charge in [0, 0.05) is 12.1 Å². The van der Waals surface area contributed by atoms with E-state index >= 15 is 0 Å². The van der Waals surface area contributed by atoms with Crippen LogP contribution in [-0.2, 0) is 0 Å². The summed E-state index contributed by atoms with van der Waals surface area (Å²) in [5.41, 5.74) is 1.98. The lowest BCUT2D eigenvalue weighted by Gasteiger charge is -2.15. The fraction of sp³-hybridized carbons (Fsp3) is 0.158. The van der Waals surface area contributed by atoms with Crippen molar-refractivity contribution in [2.45, 2.75) is 0 Å². The molecule has 3 heteroatoms. The molecule has 0 heterocycles. The Kier molecular flexibility index (Phi) is 3.88. The number of hydrogen-bond donors (Lipinski definition) is 0. The Bertz CT molecular complexity index is 784. The third-order valence-electron chi connectivity index (χ3n) is 3.75. The monoisotopic (exact) mass is 294 g/mol. The molecule has 0 aliphatic heterocycles. The topological polar surface area (TPSA) is 27.7 Å². The maximum Gasteiger partial charge on any atom is 0.134 e. The molecule has 22 heavy (non-hydrogen) atoms. The SMILES string of the molecule is COc1cc(OC)c(-c2ccc3ccccc3c2)c(OC)c1. The van der Waals surface area contributed by atoms with Gasteiger partial charge in [-0.3, -0.25) is 0 Å². The number of ether oxygens (including phenoxy) is 3. The first-order chi connectivity index (χ1) is 10.8. The van der Waals surface area contributed by atoms with E-state index < -0.39 is 0 Å². The third-order valence-corrected chi connectivity index (χ3v) is 3.75. The zero-order chi connectivity index (χ0) is 15.5. The van der Waals surface area contributed by atoms with Crippen LogP contribution in [0.25, 0.3) is 21.9 Å². The van der Waals surface area contributed by atoms with Crippen LogP contribution in [0.3, 0.4) is 0 Å². The van der Waals surface area contributed by atoms with Crippen LogP contribution in [0.2, 0.25) is 0 Å². The van der Waals surface area contributed by atoms with Crippen molar-refractivity contribution < 1.29 is 14.2 Å². The Labute approximate surface area is 130 Å². The molecule has 0 aliphatic rings. The Morgan fingerprint density at radius 3 is 1.86 bits per heavy atom. The molecule has 3 aromatic rings. The van der Waals surface area contributed by atoms with Crippen molar-refractivity contribution in [2.24, 2.45) is 0 Å². The summed E-state index contributed by atoms with van der Waals surface area (Å²) < 4.78 is 16.4. The van der Waals surface area contributed by atoms with Crippen molar-refractivity contribution in [3.05, 3.63) is 54.6 Å². The summed E-state index contributed by atoms with van der Waals surface area (Å²) in [6, 6.07) is 18.3. The summed E-state index contributed by atoms with van der Waals surface area (Å²) in [7, 11) is 4.93. The summed E-state index contributed by atoms with van der Waals surface area (Å²) in [5.74, 6) is 2.16. The third kappa shape index (κ3) is 2.46. The largest absolute Gasteiger partial charge is 0.496 e. The van der Waals surface area contributed by atoms with Gasteiger partial charge in [-0.2, -0.15) is 0 Å². The van der Waals surface area contributed by atoms with Crippen molar-refractivity contribution >= 4 is 10.8 Å². The fourth-order valence-electron chi connectivity index (χ4n) is 2.64. The Morgan fingerprint density at radius 2 is 1.27 bits per heavy atom. The molecule has 0 spiro atoms. The van der Waals surface area contributed by atoms with E-state index in [0.717, 1.165) is 22.6 Å². The minimum Gasteiger partial charge on any atom is -0.496 e. The van der Waals surface area contributed by atoms with Crippen LogP contribution in [0.5, 0.6) is 17.2 Å². The highest BCUT2D eigenvalue weighted by Gasteiger charge is 2.15. The van der Waals surface area contributed by atoms with Crippen LogP contribution in [0.1, 0.15) is 0 Å². The average molecular weight is 294 g/mol. The molecule has 0 aromatic heterocycles. The van der Waals surface area contributed by atoms with Crippen LogP contribution in [-0.4, -0.2) is 21.3 Å². The Morgan fingerprint density at radius 1 is 0.636 bits per heavy atom. The van der Waals surface area contributed by atoms with Crippen molar-refractivity contribution in [1.82, 2.24) is 0 Å². The van der Waals surface area contributed by atoms with Gasteiger partial charge in [-0.15, -0.1) is 0 Å². The van der Waals surface area contributed by atoms with Gasteiger partial charge in [0.15, 0.2) is 0 Å². The average Bonchev–Trinajstić information content (AvgIpc) is 2.59. The van der Waals surface area contributed by atoms with Gasteiger partial charge < -0.3 is 14.2 Å². The van der Waals surface area contributed by atoms with E-state index in [-0.39, 0.29) is 0 Å². The second-order valence-electron chi connectivity index (χ2n) is 4.97. The van der Waals surface area contributed by atoms with Gasteiger partial charge in [0.1, 0.15) is 17.2 Å². The van der Waals surface area contributed by atoms with Crippen molar-refractivity contribution in [3.8, 4) is 28.4 Å². The molecule has 0 aliphatic carbocycles. The van der Waals surface area contributed by atoms with Gasteiger partial charge in [0.2, 0.25) is 0 Å². The Hall–Kier alpha value is -2.68. The normalized spacial score (nSPS) is 10.5. The second-order valence-corrected chi connectivity index (χ2v) is 4.97. The lowest BCUT2D eigenvalue weighted by Crippen LogP contribution is -1.95. The van der Waals surface area contributed by atoms with E-state index in [1.165, 1.54) is 10.8 Å². The molecule has 0 fully saturated rings. The van der Waals surface area contributed by atoms with Crippen LogP contribution in [0, 0.1) is 0 Å². The summed E-state index contributed by atoms with van der Waals surface area (Å²) >= 11 is 0. The smallest absolute Gasteiger partial charge is 0.134 e. The highest BCUT2D eigenvalue weighted by Crippen LogP contribution is 2.42. The maximum absolute atomic E-state index is 5.54. The van der Waals surface area contributed by atoms with Gasteiger partial charge >= 0.3 is 0 Å². The van der Waals surface area contributed by atoms with Gasteiger partial charge in [-0.1, -0.05) is 36.4 Å². The van der Waals surface area contributed by atoms with E-state index in [9.17, 15) is 0 Å². The van der Waals surface area contributed by atoms with Gasteiger partial charge in [-0.25, -0.2) is 0 Å². The first-order valence-electron chi connectivity index (χ1n) is 7.06. The standard InChI is InChI=1S/C19H18O3/c1-20-16-11-17(21-2)19(18(12-16)22-3)15-9-8-13-6-4-5-7-14(13)10-15/h4-12H,1-3H3. The number of hydrogen-bond acceptors (Lipinski definition) is 3. The van der Waals surface area contributed by atoms with Gasteiger partial charge in [0.25, 0.3) is 0 Å². The zero-order valence-corrected chi connectivity index (χ0v) is 12.9. The van der Waals surface area contributed by atoms with Crippen molar-refractivity contribution in [3.63, 3.8) is 0 Å². The molecular weight excluding hydrogens is 276 g/mol. The number of rotatable bonds is 4. The van der Waals surface area contributed by atoms with E-state index in [1.807, 2.05) is 24.3 Å². The molecule has 0 saturated carbocycles. The highest BCUT2D eigenvalue weighted by atomic mass is 16.5. The van der Waals surface area contributed by atoms with Crippen molar-refractivity contribution in [2.75, 3.05) is 21.3 Å². The summed E-state index contributed by atoms with van der Waals surface area (Å²) in [6.07, 6.45) is 0. The van der Waals surface area contributed by atoms with E-state index in [2.05, 4.69) is 30.3 Å². The van der Waals surface area contributed by atoms with Crippen LogP contribution < -0.4 is 14.2 Å².